The summed E-state index contributed by atoms with van der Waals surface area (Å²) in [5.74, 6) is -0.886. The van der Waals surface area contributed by atoms with E-state index in [4.69, 9.17) is 4.74 Å². The summed E-state index contributed by atoms with van der Waals surface area (Å²) >= 11 is 0. The lowest BCUT2D eigenvalue weighted by Crippen LogP contribution is -2.40. The molecule has 21 heavy (non-hydrogen) atoms. The Morgan fingerprint density at radius 1 is 1.24 bits per heavy atom. The van der Waals surface area contributed by atoms with Crippen LogP contribution in [0.1, 0.15) is 17.2 Å². The molecule has 1 saturated heterocycles. The van der Waals surface area contributed by atoms with Gasteiger partial charge in [-0.15, -0.1) is 4.13 Å². The van der Waals surface area contributed by atoms with Gasteiger partial charge >= 0.3 is 15.5 Å². The first kappa shape index (κ1) is 16.2. The normalized spacial score (nSPS) is 19.5. The number of halogens is 3. The molecule has 0 saturated carbocycles. The number of rotatable bonds is 5. The van der Waals surface area contributed by atoms with Crippen LogP contribution in [0.3, 0.4) is 0 Å². The molecule has 1 fully saturated rings. The first-order valence-electron chi connectivity index (χ1n) is 5.53. The minimum Gasteiger partial charge on any atom is -0.368 e. The van der Waals surface area contributed by atoms with Crippen molar-refractivity contribution in [3.8, 4) is 0 Å². The highest BCUT2D eigenvalue weighted by Gasteiger charge is 2.48. The van der Waals surface area contributed by atoms with Crippen LogP contribution in [0.5, 0.6) is 0 Å². The highest BCUT2D eigenvalue weighted by Crippen LogP contribution is 2.30. The van der Waals surface area contributed by atoms with Crippen LogP contribution in [0.15, 0.2) is 24.3 Å². The molecule has 1 heterocycles. The highest BCUT2D eigenvalue weighted by atomic mass is 32.3. The zero-order valence-corrected chi connectivity index (χ0v) is 11.9. The third kappa shape index (κ3) is 4.15. The number of alkyl halides is 3. The van der Waals surface area contributed by atoms with Crippen LogP contribution in [-0.4, -0.2) is 29.0 Å². The number of benzene rings is 1. The fourth-order valence-electron chi connectivity index (χ4n) is 1.59. The van der Waals surface area contributed by atoms with Gasteiger partial charge in [0.25, 0.3) is 0 Å². The van der Waals surface area contributed by atoms with Crippen LogP contribution in [0, 0.1) is 0 Å². The monoisotopic (exact) mass is 345 g/mol. The number of sulfonamides is 2. The molecule has 0 aromatic heterocycles. The second-order valence-corrected chi connectivity index (χ2v) is 8.01. The van der Waals surface area contributed by atoms with Gasteiger partial charge in [0.05, 0.1) is 12.4 Å². The van der Waals surface area contributed by atoms with Gasteiger partial charge < -0.3 is 4.74 Å². The summed E-state index contributed by atoms with van der Waals surface area (Å²) in [6.07, 6.45) is -0.153. The van der Waals surface area contributed by atoms with Crippen LogP contribution in [0.25, 0.3) is 0 Å². The fraction of sp³-hybridized carbons (Fsp3) is 0.400. The van der Waals surface area contributed by atoms with E-state index in [2.05, 4.69) is 0 Å². The zero-order valence-electron chi connectivity index (χ0n) is 10.3. The van der Waals surface area contributed by atoms with Gasteiger partial charge in [-0.3, -0.25) is 0 Å². The molecule has 1 aliphatic heterocycles. The Hall–Kier alpha value is -1.17. The van der Waals surface area contributed by atoms with E-state index in [0.29, 0.717) is 16.3 Å². The SMILES string of the molecule is O=S(=O)(Cc1cccc(C2CO2)c1)NS(=O)(=O)C(F)(F)F. The van der Waals surface area contributed by atoms with Crippen molar-refractivity contribution in [2.24, 2.45) is 0 Å². The molecule has 0 aliphatic carbocycles. The van der Waals surface area contributed by atoms with Gasteiger partial charge in [0.2, 0.25) is 10.0 Å². The maximum Gasteiger partial charge on any atom is 0.512 e. The molecule has 1 aromatic rings. The Balaban J connectivity index is 2.16. The number of epoxide rings is 1. The molecule has 1 unspecified atom stereocenters. The molecule has 1 aliphatic rings. The molecular weight excluding hydrogens is 335 g/mol. The summed E-state index contributed by atoms with van der Waals surface area (Å²) in [4.78, 5) is 0. The molecular formula is C10H10F3NO5S2. The van der Waals surface area contributed by atoms with E-state index in [9.17, 15) is 30.0 Å². The van der Waals surface area contributed by atoms with E-state index in [1.54, 1.807) is 6.07 Å². The predicted octanol–water partition coefficient (Wildman–Crippen LogP) is 1.03. The van der Waals surface area contributed by atoms with Gasteiger partial charge in [0.15, 0.2) is 0 Å². The molecule has 0 radical (unpaired) electrons. The number of ether oxygens (including phenoxy) is 1. The Morgan fingerprint density at radius 2 is 1.86 bits per heavy atom. The minimum atomic E-state index is -5.95. The summed E-state index contributed by atoms with van der Waals surface area (Å²) < 4.78 is 86.8. The van der Waals surface area contributed by atoms with E-state index in [1.165, 1.54) is 18.2 Å². The van der Waals surface area contributed by atoms with Crippen LogP contribution in [-0.2, 0) is 30.5 Å². The first-order valence-corrected chi connectivity index (χ1v) is 8.67. The van der Waals surface area contributed by atoms with Crippen molar-refractivity contribution in [2.45, 2.75) is 17.4 Å². The second kappa shape index (κ2) is 5.23. The van der Waals surface area contributed by atoms with Gasteiger partial charge in [-0.2, -0.15) is 13.2 Å². The van der Waals surface area contributed by atoms with Gasteiger partial charge in [0, 0.05) is 0 Å². The Morgan fingerprint density at radius 3 is 2.38 bits per heavy atom. The summed E-state index contributed by atoms with van der Waals surface area (Å²) in [6, 6.07) is 6.00. The average molecular weight is 345 g/mol. The van der Waals surface area contributed by atoms with Crippen molar-refractivity contribution in [1.29, 1.82) is 0 Å². The minimum absolute atomic E-state index is 0.153. The van der Waals surface area contributed by atoms with Crippen molar-refractivity contribution in [3.05, 3.63) is 35.4 Å². The molecule has 1 aromatic carbocycles. The van der Waals surface area contributed by atoms with Gasteiger partial charge in [0.1, 0.15) is 6.10 Å². The molecule has 11 heteroatoms. The molecule has 0 bridgehead atoms. The lowest BCUT2D eigenvalue weighted by Gasteiger charge is -2.10. The van der Waals surface area contributed by atoms with Crippen molar-refractivity contribution in [3.63, 3.8) is 0 Å². The Labute approximate surface area is 119 Å². The number of hydrogen-bond acceptors (Lipinski definition) is 5. The molecule has 1 atom stereocenters. The summed E-state index contributed by atoms with van der Waals surface area (Å²) in [5.41, 5.74) is -4.85. The van der Waals surface area contributed by atoms with Crippen molar-refractivity contribution < 1.29 is 34.7 Å². The largest absolute Gasteiger partial charge is 0.512 e. The van der Waals surface area contributed by atoms with Crippen LogP contribution in [0.4, 0.5) is 13.2 Å². The Bertz CT molecular complexity index is 738. The van der Waals surface area contributed by atoms with Crippen molar-refractivity contribution >= 4 is 20.0 Å². The fourth-order valence-corrected chi connectivity index (χ4v) is 4.16. The van der Waals surface area contributed by atoms with Gasteiger partial charge in [-0.1, -0.05) is 24.3 Å². The summed E-state index contributed by atoms with van der Waals surface area (Å²) in [6.45, 7) is 0.483. The van der Waals surface area contributed by atoms with E-state index in [0.717, 1.165) is 0 Å². The van der Waals surface area contributed by atoms with E-state index >= 15 is 0 Å². The van der Waals surface area contributed by atoms with Gasteiger partial charge in [-0.25, -0.2) is 16.8 Å². The summed E-state index contributed by atoms with van der Waals surface area (Å²) in [7, 11) is -10.6. The number of nitrogens with one attached hydrogen (secondary N) is 1. The quantitative estimate of drug-likeness (QED) is 0.805. The maximum absolute atomic E-state index is 12.1. The van der Waals surface area contributed by atoms with E-state index < -0.39 is 31.3 Å². The smallest absolute Gasteiger partial charge is 0.368 e. The van der Waals surface area contributed by atoms with Crippen LogP contribution in [0.2, 0.25) is 0 Å². The maximum atomic E-state index is 12.1. The Kier molecular flexibility index (Phi) is 4.04. The van der Waals surface area contributed by atoms with Gasteiger partial charge in [-0.05, 0) is 11.1 Å². The molecule has 0 amide bonds. The van der Waals surface area contributed by atoms with Crippen molar-refractivity contribution in [2.75, 3.05) is 6.61 Å². The molecule has 6 nitrogen and oxygen atoms in total. The van der Waals surface area contributed by atoms with E-state index in [-0.39, 0.29) is 11.7 Å². The molecule has 118 valence electrons. The van der Waals surface area contributed by atoms with E-state index in [1.807, 2.05) is 0 Å². The zero-order chi connectivity index (χ0) is 15.9. The summed E-state index contributed by atoms with van der Waals surface area (Å²) in [5, 5.41) is 0. The topological polar surface area (TPSA) is 92.8 Å². The third-order valence-corrected chi connectivity index (χ3v) is 5.77. The second-order valence-electron chi connectivity index (χ2n) is 4.36. The van der Waals surface area contributed by atoms with Crippen LogP contribution < -0.4 is 4.13 Å². The molecule has 2 rings (SSSR count). The average Bonchev–Trinajstić information content (AvgIpc) is 3.08. The molecule has 1 N–H and O–H groups in total. The lowest BCUT2D eigenvalue weighted by atomic mass is 10.1. The highest BCUT2D eigenvalue weighted by molar-refractivity contribution is 8.04. The van der Waals surface area contributed by atoms with Crippen molar-refractivity contribution in [1.82, 2.24) is 4.13 Å². The molecule has 0 spiro atoms. The standard InChI is InChI=1S/C10H10F3NO5S2/c11-10(12,13)21(17,18)14-20(15,16)6-7-2-1-3-8(4-7)9-5-19-9/h1-4,9,14H,5-6H2. The number of hydrogen-bond donors (Lipinski definition) is 1. The third-order valence-electron chi connectivity index (χ3n) is 2.55. The van der Waals surface area contributed by atoms with Crippen LogP contribution >= 0.6 is 0 Å². The first-order chi connectivity index (χ1) is 9.50. The lowest BCUT2D eigenvalue weighted by molar-refractivity contribution is -0.0441. The predicted molar refractivity (Wildman–Crippen MR) is 65.9 cm³/mol.